The highest BCUT2D eigenvalue weighted by atomic mass is 15.5. The van der Waals surface area contributed by atoms with Gasteiger partial charge in [0, 0.05) is 12.1 Å². The van der Waals surface area contributed by atoms with Crippen molar-refractivity contribution in [2.45, 2.75) is 46.7 Å². The van der Waals surface area contributed by atoms with Gasteiger partial charge in [0.05, 0.1) is 17.6 Å². The molecule has 0 amide bonds. The monoisotopic (exact) mass is 258 g/mol. The van der Waals surface area contributed by atoms with E-state index < -0.39 is 0 Å². The summed E-state index contributed by atoms with van der Waals surface area (Å²) in [6, 6.07) is 6.33. The van der Waals surface area contributed by atoms with Crippen molar-refractivity contribution in [2.75, 3.05) is 0 Å². The second-order valence-corrected chi connectivity index (χ2v) is 6.07. The zero-order chi connectivity index (χ0) is 14.0. The number of aryl methyl sites for hydroxylation is 2. The Balaban J connectivity index is 2.16. The number of hydrogen-bond donors (Lipinski definition) is 1. The molecule has 19 heavy (non-hydrogen) atoms. The van der Waals surface area contributed by atoms with Gasteiger partial charge >= 0.3 is 0 Å². The molecule has 1 aromatic heterocycles. The van der Waals surface area contributed by atoms with Crippen LogP contribution in [0.4, 0.5) is 0 Å². The summed E-state index contributed by atoms with van der Waals surface area (Å²) in [6.07, 6.45) is 1.82. The van der Waals surface area contributed by atoms with Crippen LogP contribution < -0.4 is 5.32 Å². The minimum atomic E-state index is 0.0870. The molecule has 0 aliphatic heterocycles. The molecule has 0 fully saturated rings. The van der Waals surface area contributed by atoms with Crippen LogP contribution in [0.2, 0.25) is 0 Å². The van der Waals surface area contributed by atoms with Crippen LogP contribution in [-0.4, -0.2) is 20.5 Å². The molecule has 2 rings (SSSR count). The summed E-state index contributed by atoms with van der Waals surface area (Å²) in [6.45, 7) is 11.3. The number of hydrogen-bond acceptors (Lipinski definition) is 3. The largest absolute Gasteiger partial charge is 0.306 e. The van der Waals surface area contributed by atoms with Gasteiger partial charge in [-0.1, -0.05) is 6.07 Å². The summed E-state index contributed by atoms with van der Waals surface area (Å²) >= 11 is 0. The summed E-state index contributed by atoms with van der Waals surface area (Å²) in [5.74, 6) is 0. The van der Waals surface area contributed by atoms with Crippen LogP contribution in [-0.2, 0) is 6.54 Å². The Kier molecular flexibility index (Phi) is 3.71. The third-order valence-corrected chi connectivity index (χ3v) is 2.78. The molecule has 1 aromatic carbocycles. The molecule has 0 unspecified atom stereocenters. The van der Waals surface area contributed by atoms with Gasteiger partial charge in [-0.3, -0.25) is 0 Å². The van der Waals surface area contributed by atoms with E-state index in [1.54, 1.807) is 4.80 Å². The average molecular weight is 258 g/mol. The summed E-state index contributed by atoms with van der Waals surface area (Å²) in [5, 5.41) is 12.3. The summed E-state index contributed by atoms with van der Waals surface area (Å²) in [4.78, 5) is 1.69. The zero-order valence-corrected chi connectivity index (χ0v) is 12.4. The molecule has 1 N–H and O–H groups in total. The lowest BCUT2D eigenvalue weighted by Crippen LogP contribution is -2.35. The van der Waals surface area contributed by atoms with E-state index >= 15 is 0 Å². The molecule has 0 saturated heterocycles. The number of rotatable bonds is 3. The number of benzene rings is 1. The van der Waals surface area contributed by atoms with Crippen molar-refractivity contribution in [3.8, 4) is 5.69 Å². The van der Waals surface area contributed by atoms with Crippen molar-refractivity contribution in [3.63, 3.8) is 0 Å². The number of nitrogens with zero attached hydrogens (tertiary/aromatic N) is 3. The number of nitrogens with one attached hydrogen (secondary N) is 1. The lowest BCUT2D eigenvalue weighted by Gasteiger charge is -2.19. The molecule has 1 heterocycles. The van der Waals surface area contributed by atoms with Crippen molar-refractivity contribution in [1.29, 1.82) is 0 Å². The fraction of sp³-hybridized carbons (Fsp3) is 0.467. The lowest BCUT2D eigenvalue weighted by atomic mass is 10.1. The van der Waals surface area contributed by atoms with Gasteiger partial charge < -0.3 is 5.32 Å². The fourth-order valence-electron chi connectivity index (χ4n) is 1.92. The minimum absolute atomic E-state index is 0.0870. The fourth-order valence-corrected chi connectivity index (χ4v) is 1.92. The van der Waals surface area contributed by atoms with E-state index in [9.17, 15) is 0 Å². The summed E-state index contributed by atoms with van der Waals surface area (Å²) in [7, 11) is 0. The lowest BCUT2D eigenvalue weighted by molar-refractivity contribution is 0.420. The molecule has 4 nitrogen and oxygen atoms in total. The highest BCUT2D eigenvalue weighted by molar-refractivity contribution is 5.37. The Morgan fingerprint density at radius 1 is 1.11 bits per heavy atom. The first-order valence-corrected chi connectivity index (χ1v) is 6.58. The molecule has 0 aliphatic carbocycles. The smallest absolute Gasteiger partial charge is 0.0969 e. The molecule has 0 radical (unpaired) electrons. The molecule has 0 bridgehead atoms. The standard InChI is InChI=1S/C15H22N4/c1-11-6-12(2)8-14(7-11)19-17-10-13(18-19)9-16-15(3,4)5/h6-8,10,16H,9H2,1-5H3. The van der Waals surface area contributed by atoms with Gasteiger partial charge in [-0.15, -0.1) is 0 Å². The molecular weight excluding hydrogens is 236 g/mol. The van der Waals surface area contributed by atoms with E-state index in [2.05, 4.69) is 68.3 Å². The van der Waals surface area contributed by atoms with E-state index in [4.69, 9.17) is 0 Å². The predicted molar refractivity (Wildman–Crippen MR) is 77.4 cm³/mol. The van der Waals surface area contributed by atoms with E-state index in [-0.39, 0.29) is 5.54 Å². The van der Waals surface area contributed by atoms with Crippen LogP contribution in [0.3, 0.4) is 0 Å². The second-order valence-electron chi connectivity index (χ2n) is 6.07. The summed E-state index contributed by atoms with van der Waals surface area (Å²) in [5.41, 5.74) is 4.50. The summed E-state index contributed by atoms with van der Waals surface area (Å²) < 4.78 is 0. The van der Waals surface area contributed by atoms with Crippen LogP contribution in [0.5, 0.6) is 0 Å². The third-order valence-electron chi connectivity index (χ3n) is 2.78. The quantitative estimate of drug-likeness (QED) is 0.920. The van der Waals surface area contributed by atoms with Crippen molar-refractivity contribution in [3.05, 3.63) is 41.2 Å². The van der Waals surface area contributed by atoms with Crippen molar-refractivity contribution >= 4 is 0 Å². The molecule has 0 spiro atoms. The first-order chi connectivity index (χ1) is 8.83. The van der Waals surface area contributed by atoms with Gasteiger partial charge in [-0.2, -0.15) is 15.0 Å². The molecular formula is C15H22N4. The van der Waals surface area contributed by atoms with E-state index in [0.29, 0.717) is 0 Å². The maximum absolute atomic E-state index is 4.51. The average Bonchev–Trinajstić information content (AvgIpc) is 2.72. The SMILES string of the molecule is Cc1cc(C)cc(-n2ncc(CNC(C)(C)C)n2)c1. The second kappa shape index (κ2) is 5.13. The van der Waals surface area contributed by atoms with E-state index in [0.717, 1.165) is 17.9 Å². The Bertz CT molecular complexity index is 544. The van der Waals surface area contributed by atoms with Crippen LogP contribution in [0.15, 0.2) is 24.4 Å². The van der Waals surface area contributed by atoms with Gasteiger partial charge in [0.2, 0.25) is 0 Å². The molecule has 0 aliphatic rings. The first-order valence-electron chi connectivity index (χ1n) is 6.58. The van der Waals surface area contributed by atoms with Crippen LogP contribution >= 0.6 is 0 Å². The zero-order valence-electron chi connectivity index (χ0n) is 12.4. The Morgan fingerprint density at radius 3 is 2.32 bits per heavy atom. The van der Waals surface area contributed by atoms with Crippen LogP contribution in [0.1, 0.15) is 37.6 Å². The van der Waals surface area contributed by atoms with Crippen LogP contribution in [0.25, 0.3) is 5.69 Å². The highest BCUT2D eigenvalue weighted by Crippen LogP contribution is 2.12. The molecule has 0 atom stereocenters. The Morgan fingerprint density at radius 2 is 1.74 bits per heavy atom. The van der Waals surface area contributed by atoms with Crippen LogP contribution in [0, 0.1) is 13.8 Å². The maximum Gasteiger partial charge on any atom is 0.0969 e. The van der Waals surface area contributed by atoms with Gasteiger partial charge in [0.15, 0.2) is 0 Å². The molecule has 102 valence electrons. The molecule has 0 saturated carbocycles. The third kappa shape index (κ3) is 3.89. The predicted octanol–water partition coefficient (Wildman–Crippen LogP) is 2.77. The Labute approximate surface area is 114 Å². The van der Waals surface area contributed by atoms with E-state index in [1.165, 1.54) is 11.1 Å². The number of aromatic nitrogens is 3. The van der Waals surface area contributed by atoms with Gasteiger partial charge in [0.25, 0.3) is 0 Å². The van der Waals surface area contributed by atoms with Gasteiger partial charge in [-0.05, 0) is 57.9 Å². The normalized spacial score (nSPS) is 11.8. The van der Waals surface area contributed by atoms with E-state index in [1.807, 2.05) is 6.20 Å². The Hall–Kier alpha value is -1.68. The van der Waals surface area contributed by atoms with Gasteiger partial charge in [0.1, 0.15) is 0 Å². The van der Waals surface area contributed by atoms with Crippen molar-refractivity contribution in [1.82, 2.24) is 20.3 Å². The molecule has 4 heteroatoms. The highest BCUT2D eigenvalue weighted by Gasteiger charge is 2.10. The van der Waals surface area contributed by atoms with Gasteiger partial charge in [-0.25, -0.2) is 0 Å². The minimum Gasteiger partial charge on any atom is -0.306 e. The topological polar surface area (TPSA) is 42.7 Å². The maximum atomic E-state index is 4.51. The van der Waals surface area contributed by atoms with Crippen molar-refractivity contribution in [2.24, 2.45) is 0 Å². The molecule has 2 aromatic rings. The van der Waals surface area contributed by atoms with Crippen molar-refractivity contribution < 1.29 is 0 Å². The first kappa shape index (κ1) is 13.7.